The number of carbonyl (C=O) groups excluding carboxylic acids is 2. The summed E-state index contributed by atoms with van der Waals surface area (Å²) in [5.41, 5.74) is 0. The van der Waals surface area contributed by atoms with Gasteiger partial charge in [0, 0.05) is 12.8 Å². The third-order valence-electron chi connectivity index (χ3n) is 14.6. The van der Waals surface area contributed by atoms with Crippen LogP contribution in [0.3, 0.4) is 0 Å². The van der Waals surface area contributed by atoms with E-state index in [1.165, 1.54) is 212 Å². The summed E-state index contributed by atoms with van der Waals surface area (Å²) < 4.78 is 34.7. The highest BCUT2D eigenvalue weighted by atomic mass is 31.2. The molecule has 1 N–H and O–H groups in total. The number of hydrogen-bond donors (Lipinski definition) is 1. The first-order valence-electron chi connectivity index (χ1n) is 33.0. The number of allylic oxidation sites excluding steroid dienone is 10. The van der Waals surface area contributed by atoms with Crippen LogP contribution in [0.4, 0.5) is 0 Å². The lowest BCUT2D eigenvalue weighted by atomic mass is 10.0. The van der Waals surface area contributed by atoms with Gasteiger partial charge >= 0.3 is 19.8 Å². The molecule has 0 rings (SSSR count). The van der Waals surface area contributed by atoms with E-state index >= 15 is 0 Å². The minimum atomic E-state index is -4.39. The van der Waals surface area contributed by atoms with Gasteiger partial charge in [-0.25, -0.2) is 4.57 Å². The highest BCUT2D eigenvalue weighted by Gasteiger charge is 2.27. The summed E-state index contributed by atoms with van der Waals surface area (Å²) in [6, 6.07) is 0. The van der Waals surface area contributed by atoms with Crippen molar-refractivity contribution in [2.45, 2.75) is 315 Å². The Hall–Kier alpha value is -2.29. The quantitative estimate of drug-likeness (QED) is 0.0211. The van der Waals surface area contributed by atoms with Crippen LogP contribution in [-0.4, -0.2) is 74.9 Å². The second-order valence-electron chi connectivity index (χ2n) is 23.5. The van der Waals surface area contributed by atoms with Crippen LogP contribution in [0.2, 0.25) is 0 Å². The number of unbranched alkanes of at least 4 members (excludes halogenated alkanes) is 37. The highest BCUT2D eigenvalue weighted by molar-refractivity contribution is 7.47. The first-order valence-corrected chi connectivity index (χ1v) is 34.5. The summed E-state index contributed by atoms with van der Waals surface area (Å²) in [7, 11) is 1.49. The second-order valence-corrected chi connectivity index (χ2v) is 24.9. The maximum atomic E-state index is 12.9. The average Bonchev–Trinajstić information content (AvgIpc) is 3.41. The minimum Gasteiger partial charge on any atom is -0.462 e. The summed E-state index contributed by atoms with van der Waals surface area (Å²) in [5.74, 6) is -0.781. The minimum absolute atomic E-state index is 0.0332. The molecule has 2 atom stereocenters. The highest BCUT2D eigenvalue weighted by Crippen LogP contribution is 2.43. The molecule has 0 aromatic carbocycles. The molecule has 0 heterocycles. The lowest BCUT2D eigenvalue weighted by molar-refractivity contribution is -0.870. The zero-order chi connectivity index (χ0) is 57.0. The SMILES string of the molecule is CC/C=C\C/C=C\C/C=C\C/C=C\C/C=C\CCCCCCCCCCCCCCCCCCCC(=O)OC(COC(=O)CCCCCCCCCCCCCCCCCCCCCCC)COP(=O)(O)OCC[N+](C)(C)C. The van der Waals surface area contributed by atoms with E-state index in [2.05, 4.69) is 74.6 Å². The molecule has 10 heteroatoms. The Morgan fingerprint density at radius 2 is 0.731 bits per heavy atom. The van der Waals surface area contributed by atoms with Crippen molar-refractivity contribution >= 4 is 19.8 Å². The molecular formula is C68H127NO8P+. The van der Waals surface area contributed by atoms with Crippen LogP contribution in [0.1, 0.15) is 309 Å². The Balaban J connectivity index is 4.03. The fourth-order valence-electron chi connectivity index (χ4n) is 9.52. The molecule has 0 aliphatic carbocycles. The van der Waals surface area contributed by atoms with Crippen molar-refractivity contribution in [1.29, 1.82) is 0 Å². The number of hydrogen-bond acceptors (Lipinski definition) is 7. The predicted octanol–water partition coefficient (Wildman–Crippen LogP) is 21.0. The van der Waals surface area contributed by atoms with E-state index in [1.54, 1.807) is 0 Å². The third-order valence-corrected chi connectivity index (χ3v) is 15.5. The number of rotatable bonds is 61. The molecule has 9 nitrogen and oxygen atoms in total. The second kappa shape index (κ2) is 59.3. The Labute approximate surface area is 483 Å². The molecule has 0 aliphatic rings. The lowest BCUT2D eigenvalue weighted by Gasteiger charge is -2.24. The molecule has 456 valence electrons. The molecule has 0 aromatic heterocycles. The van der Waals surface area contributed by atoms with Gasteiger partial charge in [-0.3, -0.25) is 18.6 Å². The van der Waals surface area contributed by atoms with Crippen LogP contribution in [0, 0.1) is 0 Å². The number of ether oxygens (including phenoxy) is 2. The van der Waals surface area contributed by atoms with Crippen molar-refractivity contribution in [3.05, 3.63) is 60.8 Å². The van der Waals surface area contributed by atoms with Gasteiger partial charge in [0.15, 0.2) is 6.10 Å². The maximum absolute atomic E-state index is 12.9. The Morgan fingerprint density at radius 1 is 0.410 bits per heavy atom. The topological polar surface area (TPSA) is 108 Å². The van der Waals surface area contributed by atoms with Gasteiger partial charge in [-0.1, -0.05) is 299 Å². The smallest absolute Gasteiger partial charge is 0.462 e. The van der Waals surface area contributed by atoms with E-state index in [0.717, 1.165) is 64.2 Å². The van der Waals surface area contributed by atoms with Crippen LogP contribution < -0.4 is 0 Å². The number of likely N-dealkylation sites (N-methyl/N-ethyl adjacent to an activating group) is 1. The third kappa shape index (κ3) is 62.9. The van der Waals surface area contributed by atoms with Gasteiger partial charge < -0.3 is 18.9 Å². The van der Waals surface area contributed by atoms with Crippen LogP contribution in [0.15, 0.2) is 60.8 Å². The van der Waals surface area contributed by atoms with Gasteiger partial charge in [0.05, 0.1) is 27.7 Å². The van der Waals surface area contributed by atoms with Crippen molar-refractivity contribution in [1.82, 2.24) is 0 Å². The van der Waals surface area contributed by atoms with Gasteiger partial charge in [0.25, 0.3) is 0 Å². The first-order chi connectivity index (χ1) is 38.0. The fraction of sp³-hybridized carbons (Fsp3) is 0.824. The number of nitrogens with zero attached hydrogens (tertiary/aromatic N) is 1. The van der Waals surface area contributed by atoms with E-state index < -0.39 is 26.5 Å². The van der Waals surface area contributed by atoms with Crippen LogP contribution in [0.5, 0.6) is 0 Å². The van der Waals surface area contributed by atoms with Gasteiger partial charge in [0.1, 0.15) is 19.8 Å². The van der Waals surface area contributed by atoms with Gasteiger partial charge in [-0.2, -0.15) is 0 Å². The van der Waals surface area contributed by atoms with Crippen molar-refractivity contribution in [2.24, 2.45) is 0 Å². The molecule has 0 fully saturated rings. The zero-order valence-electron chi connectivity index (χ0n) is 51.9. The Morgan fingerprint density at radius 3 is 1.09 bits per heavy atom. The van der Waals surface area contributed by atoms with Gasteiger partial charge in [-0.05, 0) is 57.8 Å². The zero-order valence-corrected chi connectivity index (χ0v) is 52.8. The standard InChI is InChI=1S/C68H126NO8P/c1-6-8-10-12-14-16-18-20-22-24-26-28-29-30-31-32-33-34-35-36-37-38-39-41-43-45-47-49-51-53-55-57-59-61-68(71)77-66(65-76-78(72,73)75-63-62-69(3,4)5)64-74-67(70)60-58-56-54-52-50-48-46-44-42-40-27-25-23-21-19-17-15-13-11-9-7-2/h8,10,14,16,20,22,26,28,30-31,66H,6-7,9,11-13,15,17-19,21,23-25,27,29,32-65H2,1-5H3/p+1/b10-8-,16-14-,22-20-,28-26-,31-30-. The monoisotopic (exact) mass is 1120 g/mol. The number of phosphoric acid groups is 1. The first kappa shape index (κ1) is 75.7. The molecular weight excluding hydrogens is 990 g/mol. The normalized spacial score (nSPS) is 13.6. The van der Waals surface area contributed by atoms with E-state index in [9.17, 15) is 19.0 Å². The van der Waals surface area contributed by atoms with Crippen molar-refractivity contribution in [3.8, 4) is 0 Å². The van der Waals surface area contributed by atoms with Crippen LogP contribution >= 0.6 is 7.82 Å². The van der Waals surface area contributed by atoms with E-state index in [4.69, 9.17) is 18.5 Å². The fourth-order valence-corrected chi connectivity index (χ4v) is 10.3. The summed E-state index contributed by atoms with van der Waals surface area (Å²) in [5, 5.41) is 0. The van der Waals surface area contributed by atoms with Crippen LogP contribution in [0.25, 0.3) is 0 Å². The Bertz CT molecular complexity index is 1500. The molecule has 0 spiro atoms. The molecule has 0 saturated carbocycles. The molecule has 0 aromatic rings. The predicted molar refractivity (Wildman–Crippen MR) is 335 cm³/mol. The largest absolute Gasteiger partial charge is 0.472 e. The van der Waals surface area contributed by atoms with Crippen molar-refractivity contribution in [2.75, 3.05) is 47.5 Å². The number of quaternary nitrogens is 1. The molecule has 0 amide bonds. The summed E-state index contributed by atoms with van der Waals surface area (Å²) in [6.07, 6.45) is 77.4. The average molecular weight is 1120 g/mol. The van der Waals surface area contributed by atoms with Gasteiger partial charge in [-0.15, -0.1) is 0 Å². The summed E-state index contributed by atoms with van der Waals surface area (Å²) >= 11 is 0. The van der Waals surface area contributed by atoms with E-state index in [1.807, 2.05) is 21.1 Å². The van der Waals surface area contributed by atoms with Gasteiger partial charge in [0.2, 0.25) is 0 Å². The number of carbonyl (C=O) groups is 2. The van der Waals surface area contributed by atoms with E-state index in [0.29, 0.717) is 23.9 Å². The molecule has 2 unspecified atom stereocenters. The molecule has 0 radical (unpaired) electrons. The summed E-state index contributed by atoms with van der Waals surface area (Å²) in [6.45, 7) is 4.37. The number of esters is 2. The Kier molecular flexibility index (Phi) is 57.6. The van der Waals surface area contributed by atoms with Crippen molar-refractivity contribution in [3.63, 3.8) is 0 Å². The maximum Gasteiger partial charge on any atom is 0.472 e. The molecule has 0 saturated heterocycles. The van der Waals surface area contributed by atoms with Crippen molar-refractivity contribution < 1.29 is 42.1 Å². The summed E-state index contributed by atoms with van der Waals surface area (Å²) in [4.78, 5) is 35.8. The lowest BCUT2D eigenvalue weighted by Crippen LogP contribution is -2.37. The molecule has 78 heavy (non-hydrogen) atoms. The molecule has 0 aliphatic heterocycles. The van der Waals surface area contributed by atoms with E-state index in [-0.39, 0.29) is 25.6 Å². The molecule has 0 bridgehead atoms. The number of phosphoric ester groups is 1. The van der Waals surface area contributed by atoms with Crippen LogP contribution in [-0.2, 0) is 32.7 Å².